The molecule has 0 aliphatic heterocycles. The summed E-state index contributed by atoms with van der Waals surface area (Å²) in [5.74, 6) is 0.658. The molecule has 3 rings (SSSR count). The summed E-state index contributed by atoms with van der Waals surface area (Å²) >= 11 is 6.15. The van der Waals surface area contributed by atoms with Crippen molar-refractivity contribution in [3.63, 3.8) is 0 Å². The minimum absolute atomic E-state index is 0.465. The zero-order chi connectivity index (χ0) is 13.7. The Bertz CT molecular complexity index is 785. The van der Waals surface area contributed by atoms with Gasteiger partial charge < -0.3 is 0 Å². The summed E-state index contributed by atoms with van der Waals surface area (Å²) in [7, 11) is 1.89. The highest BCUT2D eigenvalue weighted by molar-refractivity contribution is 6.30. The van der Waals surface area contributed by atoms with Crippen molar-refractivity contribution in [1.82, 2.24) is 29.6 Å². The second-order valence-corrected chi connectivity index (χ2v) is 4.93. The van der Waals surface area contributed by atoms with Crippen LogP contribution in [0.15, 0.2) is 6.20 Å². The molecule has 0 radical (unpaired) electrons. The van der Waals surface area contributed by atoms with Gasteiger partial charge in [0.25, 0.3) is 0 Å². The molecule has 0 saturated heterocycles. The van der Waals surface area contributed by atoms with Crippen LogP contribution in [0, 0.1) is 20.8 Å². The summed E-state index contributed by atoms with van der Waals surface area (Å²) in [4.78, 5) is 0. The van der Waals surface area contributed by atoms with Gasteiger partial charge in [0.2, 0.25) is 0 Å². The first-order chi connectivity index (χ1) is 9.00. The number of rotatable bonds is 1. The lowest BCUT2D eigenvalue weighted by molar-refractivity contribution is 0.740. The van der Waals surface area contributed by atoms with Crippen molar-refractivity contribution in [2.75, 3.05) is 0 Å². The molecule has 3 aromatic heterocycles. The molecule has 0 aliphatic rings. The van der Waals surface area contributed by atoms with E-state index in [4.69, 9.17) is 11.6 Å². The molecule has 0 spiro atoms. The van der Waals surface area contributed by atoms with Gasteiger partial charge in [-0.3, -0.25) is 4.68 Å². The number of nitrogens with zero attached hydrogens (tertiary/aromatic N) is 6. The van der Waals surface area contributed by atoms with Crippen LogP contribution in [0.3, 0.4) is 0 Å². The van der Waals surface area contributed by atoms with Gasteiger partial charge in [0, 0.05) is 18.3 Å². The number of hydrogen-bond donors (Lipinski definition) is 0. The van der Waals surface area contributed by atoms with Crippen molar-refractivity contribution < 1.29 is 0 Å². The van der Waals surface area contributed by atoms with Crippen LogP contribution in [0.1, 0.15) is 16.8 Å². The summed E-state index contributed by atoms with van der Waals surface area (Å²) in [5, 5.41) is 17.4. The lowest BCUT2D eigenvalue weighted by Gasteiger charge is -2.04. The van der Waals surface area contributed by atoms with Gasteiger partial charge in [0.15, 0.2) is 16.6 Å². The largest absolute Gasteiger partial charge is 0.272 e. The van der Waals surface area contributed by atoms with Crippen LogP contribution in [0.25, 0.3) is 17.0 Å². The first-order valence-electron chi connectivity index (χ1n) is 5.87. The maximum absolute atomic E-state index is 6.15. The second kappa shape index (κ2) is 4.03. The fourth-order valence-electron chi connectivity index (χ4n) is 1.98. The molecule has 0 amide bonds. The molecule has 0 N–H and O–H groups in total. The minimum Gasteiger partial charge on any atom is -0.272 e. The van der Waals surface area contributed by atoms with E-state index < -0.39 is 0 Å². The molecule has 3 heterocycles. The van der Waals surface area contributed by atoms with Gasteiger partial charge in [0.1, 0.15) is 0 Å². The summed E-state index contributed by atoms with van der Waals surface area (Å²) in [6.45, 7) is 5.87. The first-order valence-corrected chi connectivity index (χ1v) is 6.25. The van der Waals surface area contributed by atoms with E-state index in [-0.39, 0.29) is 0 Å². The molecule has 6 nitrogen and oxygen atoms in total. The van der Waals surface area contributed by atoms with E-state index in [1.807, 2.05) is 27.8 Å². The average Bonchev–Trinajstić information content (AvgIpc) is 2.92. The molecule has 0 fully saturated rings. The predicted octanol–water partition coefficient (Wildman–Crippen LogP) is 2.10. The van der Waals surface area contributed by atoms with E-state index in [0.29, 0.717) is 11.0 Å². The van der Waals surface area contributed by atoms with E-state index in [2.05, 4.69) is 20.4 Å². The van der Waals surface area contributed by atoms with E-state index in [9.17, 15) is 0 Å². The topological polar surface area (TPSA) is 60.9 Å². The third-order valence-corrected chi connectivity index (χ3v) is 3.87. The van der Waals surface area contributed by atoms with Crippen LogP contribution in [-0.2, 0) is 7.05 Å². The minimum atomic E-state index is 0.465. The lowest BCUT2D eigenvalue weighted by Crippen LogP contribution is -2.01. The Labute approximate surface area is 115 Å². The Morgan fingerprint density at radius 3 is 2.47 bits per heavy atom. The zero-order valence-electron chi connectivity index (χ0n) is 11.1. The van der Waals surface area contributed by atoms with Gasteiger partial charge in [-0.15, -0.1) is 10.2 Å². The summed E-state index contributed by atoms with van der Waals surface area (Å²) in [6.07, 6.45) is 1.76. The molecule has 0 aliphatic carbocycles. The molecule has 0 bridgehead atoms. The summed E-state index contributed by atoms with van der Waals surface area (Å²) < 4.78 is 3.47. The lowest BCUT2D eigenvalue weighted by atomic mass is 10.2. The monoisotopic (exact) mass is 276 g/mol. The highest BCUT2D eigenvalue weighted by Crippen LogP contribution is 2.25. The number of hydrogen-bond acceptors (Lipinski definition) is 4. The van der Waals surface area contributed by atoms with Gasteiger partial charge in [-0.25, -0.2) is 0 Å². The Morgan fingerprint density at radius 2 is 1.84 bits per heavy atom. The smallest absolute Gasteiger partial charge is 0.188 e. The van der Waals surface area contributed by atoms with Crippen molar-refractivity contribution in [3.05, 3.63) is 28.2 Å². The highest BCUT2D eigenvalue weighted by atomic mass is 35.5. The zero-order valence-corrected chi connectivity index (χ0v) is 11.9. The van der Waals surface area contributed by atoms with Crippen LogP contribution in [0.2, 0.25) is 5.15 Å². The van der Waals surface area contributed by atoms with Gasteiger partial charge in [-0.2, -0.15) is 14.7 Å². The Morgan fingerprint density at radius 1 is 1.11 bits per heavy atom. The van der Waals surface area contributed by atoms with Crippen LogP contribution >= 0.6 is 11.6 Å². The highest BCUT2D eigenvalue weighted by Gasteiger charge is 2.17. The molecule has 3 aromatic rings. The average molecular weight is 277 g/mol. The standard InChI is InChI=1S/C12H13ClN6/c1-6-7(2)11-15-16-12(19(11)17-10(6)13)9-5-14-18(4)8(9)3/h5H,1-4H3. The van der Waals surface area contributed by atoms with Crippen LogP contribution in [0.4, 0.5) is 0 Å². The predicted molar refractivity (Wildman–Crippen MR) is 72.2 cm³/mol. The molecule has 0 atom stereocenters. The quantitative estimate of drug-likeness (QED) is 0.683. The van der Waals surface area contributed by atoms with Gasteiger partial charge >= 0.3 is 0 Å². The Balaban J connectivity index is 2.35. The van der Waals surface area contributed by atoms with Crippen molar-refractivity contribution in [1.29, 1.82) is 0 Å². The second-order valence-electron chi connectivity index (χ2n) is 4.57. The van der Waals surface area contributed by atoms with Gasteiger partial charge in [0.05, 0.1) is 11.8 Å². The number of aromatic nitrogens is 6. The maximum atomic E-state index is 6.15. The fraction of sp³-hybridized carbons (Fsp3) is 0.333. The van der Waals surface area contributed by atoms with Crippen molar-refractivity contribution in [3.8, 4) is 11.4 Å². The normalized spacial score (nSPS) is 11.4. The van der Waals surface area contributed by atoms with E-state index in [1.165, 1.54) is 0 Å². The van der Waals surface area contributed by atoms with Crippen molar-refractivity contribution in [2.45, 2.75) is 20.8 Å². The molecule has 0 unspecified atom stereocenters. The maximum Gasteiger partial charge on any atom is 0.188 e. The Hall–Kier alpha value is -1.95. The summed E-state index contributed by atoms with van der Waals surface area (Å²) in [6, 6.07) is 0. The fourth-order valence-corrected chi connectivity index (χ4v) is 2.20. The van der Waals surface area contributed by atoms with E-state index >= 15 is 0 Å². The number of aryl methyl sites for hydroxylation is 2. The molecule has 19 heavy (non-hydrogen) atoms. The molecular weight excluding hydrogens is 264 g/mol. The van der Waals surface area contributed by atoms with E-state index in [0.717, 1.165) is 28.0 Å². The third-order valence-electron chi connectivity index (χ3n) is 3.51. The van der Waals surface area contributed by atoms with Crippen LogP contribution in [0.5, 0.6) is 0 Å². The molecule has 0 saturated carbocycles. The number of halogens is 1. The molecule has 98 valence electrons. The van der Waals surface area contributed by atoms with E-state index in [1.54, 1.807) is 15.4 Å². The third kappa shape index (κ3) is 1.63. The van der Waals surface area contributed by atoms with Crippen LogP contribution < -0.4 is 0 Å². The Kier molecular flexibility index (Phi) is 2.56. The number of fused-ring (bicyclic) bond motifs is 1. The first kappa shape index (κ1) is 12.1. The van der Waals surface area contributed by atoms with Gasteiger partial charge in [-0.1, -0.05) is 11.6 Å². The summed E-state index contributed by atoms with van der Waals surface area (Å²) in [5.41, 5.74) is 4.55. The SMILES string of the molecule is Cc1c(Cl)nn2c(-c3cnn(C)c3C)nnc2c1C. The van der Waals surface area contributed by atoms with Gasteiger partial charge in [-0.05, 0) is 26.3 Å². The van der Waals surface area contributed by atoms with Crippen LogP contribution in [-0.4, -0.2) is 29.6 Å². The van der Waals surface area contributed by atoms with Crippen molar-refractivity contribution >= 4 is 17.2 Å². The molecule has 7 heteroatoms. The molecular formula is C12H13ClN6. The molecule has 0 aromatic carbocycles. The van der Waals surface area contributed by atoms with Crippen molar-refractivity contribution in [2.24, 2.45) is 7.05 Å².